The van der Waals surface area contributed by atoms with E-state index in [4.69, 9.17) is 4.42 Å². The molecule has 1 aromatic carbocycles. The highest BCUT2D eigenvalue weighted by Crippen LogP contribution is 2.14. The number of H-pyrrole nitrogens is 1. The molecule has 0 aliphatic rings. The summed E-state index contributed by atoms with van der Waals surface area (Å²) in [6.45, 7) is 2.16. The summed E-state index contributed by atoms with van der Waals surface area (Å²) in [5.74, 6) is 0.693. The first-order chi connectivity index (χ1) is 10.5. The van der Waals surface area contributed by atoms with Gasteiger partial charge in [0.1, 0.15) is 17.4 Å². The molecule has 0 spiro atoms. The number of aryl methyl sites for hydroxylation is 1. The summed E-state index contributed by atoms with van der Waals surface area (Å²) in [5, 5.41) is 0. The first kappa shape index (κ1) is 14.2. The van der Waals surface area contributed by atoms with Crippen molar-refractivity contribution in [3.8, 4) is 0 Å². The minimum absolute atomic E-state index is 0.201. The second-order valence-electron chi connectivity index (χ2n) is 5.08. The molecule has 0 saturated carbocycles. The van der Waals surface area contributed by atoms with Crippen LogP contribution in [0, 0.1) is 12.7 Å². The number of hydrogen-bond donors (Lipinski definition) is 1. The van der Waals surface area contributed by atoms with Crippen LogP contribution in [0.5, 0.6) is 0 Å². The van der Waals surface area contributed by atoms with E-state index in [2.05, 4.69) is 15.0 Å². The molecule has 114 valence electrons. The second kappa shape index (κ2) is 5.59. The fourth-order valence-corrected chi connectivity index (χ4v) is 2.22. The zero-order valence-electron chi connectivity index (χ0n) is 12.3. The Balaban J connectivity index is 1.68. The maximum atomic E-state index is 13.1. The Kier molecular flexibility index (Phi) is 3.62. The number of oxazole rings is 1. The van der Waals surface area contributed by atoms with E-state index < -0.39 is 0 Å². The first-order valence-electron chi connectivity index (χ1n) is 6.84. The standard InChI is InChI=1S/C15H15FN4O2/c1-9-14(17-8-22-9)15(21)20(2)6-5-13-18-11-4-3-10(16)7-12(11)19-13/h3-4,7-8H,5-6H2,1-2H3,(H,18,19). The highest BCUT2D eigenvalue weighted by Gasteiger charge is 2.18. The number of carbonyl (C=O) groups is 1. The first-order valence-corrected chi connectivity index (χ1v) is 6.84. The van der Waals surface area contributed by atoms with Crippen LogP contribution >= 0.6 is 0 Å². The van der Waals surface area contributed by atoms with Crippen LogP contribution in [0.15, 0.2) is 29.0 Å². The number of likely N-dealkylation sites (N-methyl/N-ethyl adjacent to an activating group) is 1. The van der Waals surface area contributed by atoms with Crippen molar-refractivity contribution in [3.63, 3.8) is 0 Å². The molecule has 2 aromatic heterocycles. The van der Waals surface area contributed by atoms with E-state index in [0.29, 0.717) is 41.3 Å². The number of carbonyl (C=O) groups excluding carboxylic acids is 1. The average Bonchev–Trinajstić information content (AvgIpc) is 3.09. The molecule has 0 bridgehead atoms. The number of imidazole rings is 1. The molecule has 6 nitrogen and oxygen atoms in total. The number of nitrogens with zero attached hydrogens (tertiary/aromatic N) is 3. The van der Waals surface area contributed by atoms with Crippen molar-refractivity contribution in [2.45, 2.75) is 13.3 Å². The van der Waals surface area contributed by atoms with Crippen LogP contribution in [-0.2, 0) is 6.42 Å². The van der Waals surface area contributed by atoms with Crippen molar-refractivity contribution in [2.75, 3.05) is 13.6 Å². The fourth-order valence-electron chi connectivity index (χ4n) is 2.22. The number of aromatic nitrogens is 3. The van der Waals surface area contributed by atoms with Crippen molar-refractivity contribution in [2.24, 2.45) is 0 Å². The molecule has 0 radical (unpaired) electrons. The fraction of sp³-hybridized carbons (Fsp3) is 0.267. The van der Waals surface area contributed by atoms with Gasteiger partial charge in [-0.1, -0.05) is 0 Å². The third-order valence-corrected chi connectivity index (χ3v) is 3.47. The molecule has 0 aliphatic carbocycles. The maximum absolute atomic E-state index is 13.1. The van der Waals surface area contributed by atoms with Crippen LogP contribution in [0.1, 0.15) is 22.1 Å². The van der Waals surface area contributed by atoms with Gasteiger partial charge in [-0.05, 0) is 25.1 Å². The molecule has 3 rings (SSSR count). The zero-order chi connectivity index (χ0) is 15.7. The average molecular weight is 302 g/mol. The van der Waals surface area contributed by atoms with Gasteiger partial charge in [0.2, 0.25) is 0 Å². The molecule has 22 heavy (non-hydrogen) atoms. The van der Waals surface area contributed by atoms with Gasteiger partial charge in [-0.2, -0.15) is 0 Å². The van der Waals surface area contributed by atoms with E-state index in [1.54, 1.807) is 24.9 Å². The molecular formula is C15H15FN4O2. The number of amides is 1. The Bertz CT molecular complexity index is 824. The van der Waals surface area contributed by atoms with Crippen LogP contribution in [0.25, 0.3) is 11.0 Å². The maximum Gasteiger partial charge on any atom is 0.275 e. The second-order valence-corrected chi connectivity index (χ2v) is 5.08. The topological polar surface area (TPSA) is 75.0 Å². The quantitative estimate of drug-likeness (QED) is 0.802. The summed E-state index contributed by atoms with van der Waals surface area (Å²) < 4.78 is 18.2. The Morgan fingerprint density at radius 1 is 1.45 bits per heavy atom. The van der Waals surface area contributed by atoms with E-state index in [1.807, 2.05) is 0 Å². The van der Waals surface area contributed by atoms with Gasteiger partial charge in [0, 0.05) is 20.0 Å². The lowest BCUT2D eigenvalue weighted by atomic mass is 10.3. The molecule has 2 heterocycles. The van der Waals surface area contributed by atoms with Gasteiger partial charge in [-0.15, -0.1) is 0 Å². The lowest BCUT2D eigenvalue weighted by Crippen LogP contribution is -2.29. The molecule has 7 heteroatoms. The SMILES string of the molecule is Cc1ocnc1C(=O)N(C)CCc1nc2ccc(F)cc2[nH]1. The largest absolute Gasteiger partial charge is 0.448 e. The minimum Gasteiger partial charge on any atom is -0.448 e. The third-order valence-electron chi connectivity index (χ3n) is 3.47. The number of halogens is 1. The third kappa shape index (κ3) is 2.69. The smallest absolute Gasteiger partial charge is 0.275 e. The summed E-state index contributed by atoms with van der Waals surface area (Å²) in [7, 11) is 1.69. The van der Waals surface area contributed by atoms with Gasteiger partial charge < -0.3 is 14.3 Å². The molecule has 0 unspecified atom stereocenters. The van der Waals surface area contributed by atoms with Crippen molar-refractivity contribution in [1.29, 1.82) is 0 Å². The summed E-state index contributed by atoms with van der Waals surface area (Å²) in [6.07, 6.45) is 1.79. The summed E-state index contributed by atoms with van der Waals surface area (Å²) in [4.78, 5) is 25.1. The molecule has 1 N–H and O–H groups in total. The van der Waals surface area contributed by atoms with Crippen LogP contribution in [0.2, 0.25) is 0 Å². The Morgan fingerprint density at radius 3 is 3.00 bits per heavy atom. The monoisotopic (exact) mass is 302 g/mol. The van der Waals surface area contributed by atoms with E-state index >= 15 is 0 Å². The number of fused-ring (bicyclic) bond motifs is 1. The summed E-state index contributed by atoms with van der Waals surface area (Å²) in [6, 6.07) is 4.40. The predicted octanol–water partition coefficient (Wildman–Crippen LogP) is 2.31. The number of rotatable bonds is 4. The Hall–Kier alpha value is -2.70. The molecule has 0 atom stereocenters. The van der Waals surface area contributed by atoms with Gasteiger partial charge in [0.25, 0.3) is 5.91 Å². The van der Waals surface area contributed by atoms with Gasteiger partial charge in [-0.3, -0.25) is 4.79 Å². The van der Waals surface area contributed by atoms with Crippen molar-refractivity contribution < 1.29 is 13.6 Å². The zero-order valence-corrected chi connectivity index (χ0v) is 12.3. The molecule has 0 saturated heterocycles. The van der Waals surface area contributed by atoms with Gasteiger partial charge in [-0.25, -0.2) is 14.4 Å². The molecule has 3 aromatic rings. The minimum atomic E-state index is -0.309. The molecular weight excluding hydrogens is 287 g/mol. The van der Waals surface area contributed by atoms with Crippen LogP contribution < -0.4 is 0 Å². The summed E-state index contributed by atoms with van der Waals surface area (Å²) in [5.41, 5.74) is 1.67. The van der Waals surface area contributed by atoms with Crippen LogP contribution in [0.3, 0.4) is 0 Å². The number of nitrogens with one attached hydrogen (secondary N) is 1. The van der Waals surface area contributed by atoms with E-state index in [0.717, 1.165) is 0 Å². The predicted molar refractivity (Wildman–Crippen MR) is 78.0 cm³/mol. The van der Waals surface area contributed by atoms with Crippen molar-refractivity contribution in [3.05, 3.63) is 47.7 Å². The molecule has 0 fully saturated rings. The van der Waals surface area contributed by atoms with E-state index in [1.165, 1.54) is 18.5 Å². The normalized spacial score (nSPS) is 11.0. The Morgan fingerprint density at radius 2 is 2.27 bits per heavy atom. The van der Waals surface area contributed by atoms with Crippen LogP contribution in [-0.4, -0.2) is 39.4 Å². The highest BCUT2D eigenvalue weighted by molar-refractivity contribution is 5.92. The molecule has 0 aliphatic heterocycles. The Labute approximate surface area is 126 Å². The highest BCUT2D eigenvalue weighted by atomic mass is 19.1. The van der Waals surface area contributed by atoms with Gasteiger partial charge in [0.05, 0.1) is 11.0 Å². The van der Waals surface area contributed by atoms with E-state index in [-0.39, 0.29) is 11.7 Å². The summed E-state index contributed by atoms with van der Waals surface area (Å²) >= 11 is 0. The lowest BCUT2D eigenvalue weighted by Gasteiger charge is -2.15. The van der Waals surface area contributed by atoms with E-state index in [9.17, 15) is 9.18 Å². The van der Waals surface area contributed by atoms with Gasteiger partial charge >= 0.3 is 0 Å². The number of benzene rings is 1. The lowest BCUT2D eigenvalue weighted by molar-refractivity contribution is 0.0789. The number of hydrogen-bond acceptors (Lipinski definition) is 4. The van der Waals surface area contributed by atoms with Gasteiger partial charge in [0.15, 0.2) is 12.1 Å². The number of aromatic amines is 1. The van der Waals surface area contributed by atoms with Crippen molar-refractivity contribution >= 4 is 16.9 Å². The molecule has 1 amide bonds. The van der Waals surface area contributed by atoms with Crippen LogP contribution in [0.4, 0.5) is 4.39 Å². The van der Waals surface area contributed by atoms with Crippen molar-refractivity contribution in [1.82, 2.24) is 19.9 Å².